The number of rotatable bonds is 6. The molecule has 2 heteroatoms. The van der Waals surface area contributed by atoms with Gasteiger partial charge < -0.3 is 9.13 Å². The quantitative estimate of drug-likeness (QED) is 0.158. The summed E-state index contributed by atoms with van der Waals surface area (Å²) < 4.78 is 4.89. The van der Waals surface area contributed by atoms with Crippen LogP contribution < -0.4 is 0 Å². The van der Waals surface area contributed by atoms with Crippen LogP contribution in [0.1, 0.15) is 25.0 Å². The Labute approximate surface area is 378 Å². The summed E-state index contributed by atoms with van der Waals surface area (Å²) in [7, 11) is 0. The molecule has 1 aliphatic rings. The lowest BCUT2D eigenvalue weighted by molar-refractivity contribution is 0.630. The molecule has 0 spiro atoms. The van der Waals surface area contributed by atoms with Gasteiger partial charge in [0.25, 0.3) is 0 Å². The van der Waals surface area contributed by atoms with E-state index in [-0.39, 0.29) is 5.41 Å². The zero-order valence-electron chi connectivity index (χ0n) is 36.3. The third-order valence-electron chi connectivity index (χ3n) is 14.1. The van der Waals surface area contributed by atoms with E-state index in [1.807, 2.05) is 0 Å². The summed E-state index contributed by atoms with van der Waals surface area (Å²) in [6, 6.07) is 85.2. The van der Waals surface area contributed by atoms with Gasteiger partial charge in [-0.1, -0.05) is 184 Å². The molecule has 0 fully saturated rings. The van der Waals surface area contributed by atoms with Crippen LogP contribution in [0.2, 0.25) is 0 Å². The monoisotopic (exact) mass is 828 g/mol. The largest absolute Gasteiger partial charge is 0.309 e. The zero-order chi connectivity index (χ0) is 43.2. The summed E-state index contributed by atoms with van der Waals surface area (Å²) in [5, 5.41) is 5.11. The van der Waals surface area contributed by atoms with E-state index in [2.05, 4.69) is 254 Å². The van der Waals surface area contributed by atoms with Gasteiger partial charge in [0, 0.05) is 32.6 Å². The minimum absolute atomic E-state index is 0.100. The first-order chi connectivity index (χ1) is 32.0. The highest BCUT2D eigenvalue weighted by Crippen LogP contribution is 2.49. The second-order valence-corrected chi connectivity index (χ2v) is 18.1. The van der Waals surface area contributed by atoms with Crippen molar-refractivity contribution in [2.75, 3.05) is 0 Å². The minimum Gasteiger partial charge on any atom is -0.309 e. The van der Waals surface area contributed by atoms with Crippen LogP contribution in [0, 0.1) is 0 Å². The second kappa shape index (κ2) is 14.4. The van der Waals surface area contributed by atoms with Gasteiger partial charge in [-0.15, -0.1) is 0 Å². The summed E-state index contributed by atoms with van der Waals surface area (Å²) in [6.45, 7) is 4.73. The molecule has 0 unspecified atom stereocenters. The van der Waals surface area contributed by atoms with Gasteiger partial charge >= 0.3 is 0 Å². The van der Waals surface area contributed by atoms with Gasteiger partial charge in [0.1, 0.15) is 0 Å². The molecule has 13 rings (SSSR count). The van der Waals surface area contributed by atoms with Gasteiger partial charge in [-0.3, -0.25) is 0 Å². The van der Waals surface area contributed by atoms with Gasteiger partial charge in [0.05, 0.1) is 27.8 Å². The van der Waals surface area contributed by atoms with Gasteiger partial charge in [-0.2, -0.15) is 0 Å². The fourth-order valence-corrected chi connectivity index (χ4v) is 11.0. The molecule has 2 nitrogen and oxygen atoms in total. The Morgan fingerprint density at radius 2 is 0.815 bits per heavy atom. The number of hydrogen-bond donors (Lipinski definition) is 0. The number of nitrogens with zero attached hydrogens (tertiary/aromatic N) is 2. The Bertz CT molecular complexity index is 3710. The molecular weight excluding hydrogens is 785 g/mol. The van der Waals surface area contributed by atoms with Crippen molar-refractivity contribution in [2.24, 2.45) is 0 Å². The van der Waals surface area contributed by atoms with Crippen LogP contribution in [-0.2, 0) is 5.41 Å². The smallest absolute Gasteiger partial charge is 0.0582 e. The van der Waals surface area contributed by atoms with Gasteiger partial charge in [0.15, 0.2) is 0 Å². The molecule has 0 radical (unpaired) electrons. The van der Waals surface area contributed by atoms with Crippen molar-refractivity contribution in [3.8, 4) is 67.0 Å². The first-order valence-electron chi connectivity index (χ1n) is 22.7. The SMILES string of the molecule is CC1(C)c2ccccc2-n2c3ccc(-c4cccc(-c5c(-c6ccccc6)cc(-c6ccc(-n7c8ccccc8c8ccccc87)cc6)cc5-c5ccccc5)c4)cc3c3cccc1c32. The first-order valence-corrected chi connectivity index (χ1v) is 22.7. The summed E-state index contributed by atoms with van der Waals surface area (Å²) in [4.78, 5) is 0. The maximum Gasteiger partial charge on any atom is 0.0582 e. The van der Waals surface area contributed by atoms with E-state index in [4.69, 9.17) is 0 Å². The fourth-order valence-electron chi connectivity index (χ4n) is 11.0. The first kappa shape index (κ1) is 37.4. The molecule has 0 aliphatic carbocycles. The molecule has 0 bridgehead atoms. The highest BCUT2D eigenvalue weighted by molar-refractivity contribution is 6.13. The van der Waals surface area contributed by atoms with Gasteiger partial charge in [0.2, 0.25) is 0 Å². The second-order valence-electron chi connectivity index (χ2n) is 18.1. The Kier molecular flexibility index (Phi) is 8.29. The number of para-hydroxylation sites is 4. The number of benzene rings is 10. The maximum absolute atomic E-state index is 2.50. The van der Waals surface area contributed by atoms with E-state index < -0.39 is 0 Å². The molecule has 0 saturated carbocycles. The minimum atomic E-state index is -0.100. The highest BCUT2D eigenvalue weighted by Gasteiger charge is 2.34. The third-order valence-corrected chi connectivity index (χ3v) is 14.1. The van der Waals surface area contributed by atoms with E-state index in [0.717, 1.165) is 5.69 Å². The molecule has 2 aromatic heterocycles. The normalized spacial score (nSPS) is 12.9. The van der Waals surface area contributed by atoms with Crippen molar-refractivity contribution in [1.29, 1.82) is 0 Å². The Morgan fingerprint density at radius 3 is 1.51 bits per heavy atom. The van der Waals surface area contributed by atoms with Crippen LogP contribution in [0.5, 0.6) is 0 Å². The molecule has 12 aromatic rings. The zero-order valence-corrected chi connectivity index (χ0v) is 36.3. The lowest BCUT2D eigenvalue weighted by atomic mass is 9.75. The number of hydrogen-bond acceptors (Lipinski definition) is 0. The van der Waals surface area contributed by atoms with Crippen molar-refractivity contribution in [2.45, 2.75) is 19.3 Å². The lowest BCUT2D eigenvalue weighted by Crippen LogP contribution is -2.26. The Balaban J connectivity index is 0.976. The standard InChI is InChI=1S/C63H44N2/c1-63(2)55-26-11-14-30-60(55)65-59-36-33-45(38-54(59)51-25-16-27-56(63)62(51)65)44-21-15-22-46(37-44)61-52(42-17-5-3-6-18-42)39-47(40-53(61)43-19-7-4-8-20-43)41-31-34-48(35-32-41)64-57-28-12-9-23-49(57)50-24-10-13-29-58(50)64/h3-40H,1-2H3. The van der Waals surface area contributed by atoms with E-state index in [0.29, 0.717) is 0 Å². The predicted molar refractivity (Wildman–Crippen MR) is 274 cm³/mol. The Hall–Kier alpha value is -8.20. The van der Waals surface area contributed by atoms with E-state index in [1.54, 1.807) is 0 Å². The van der Waals surface area contributed by atoms with Crippen molar-refractivity contribution in [3.05, 3.63) is 242 Å². The summed E-state index contributed by atoms with van der Waals surface area (Å²) in [6.07, 6.45) is 0. The van der Waals surface area contributed by atoms with Gasteiger partial charge in [-0.05, 0) is 127 Å². The van der Waals surface area contributed by atoms with Crippen LogP contribution in [0.25, 0.3) is 111 Å². The molecule has 1 aliphatic heterocycles. The highest BCUT2D eigenvalue weighted by atomic mass is 15.0. The van der Waals surface area contributed by atoms with Crippen molar-refractivity contribution < 1.29 is 0 Å². The van der Waals surface area contributed by atoms with Crippen LogP contribution in [0.4, 0.5) is 0 Å². The van der Waals surface area contributed by atoms with Crippen LogP contribution in [-0.4, -0.2) is 9.13 Å². The van der Waals surface area contributed by atoms with Crippen molar-refractivity contribution in [3.63, 3.8) is 0 Å². The fraction of sp³-hybridized carbons (Fsp3) is 0.0476. The van der Waals surface area contributed by atoms with Gasteiger partial charge in [-0.25, -0.2) is 0 Å². The van der Waals surface area contributed by atoms with Crippen molar-refractivity contribution >= 4 is 43.6 Å². The number of fused-ring (bicyclic) bond motifs is 8. The van der Waals surface area contributed by atoms with Crippen molar-refractivity contribution in [1.82, 2.24) is 9.13 Å². The Morgan fingerprint density at radius 1 is 0.308 bits per heavy atom. The third kappa shape index (κ3) is 5.74. The molecule has 306 valence electrons. The van der Waals surface area contributed by atoms with E-state index in [1.165, 1.54) is 116 Å². The summed E-state index contributed by atoms with van der Waals surface area (Å²) in [5.41, 5.74) is 22.0. The van der Waals surface area contributed by atoms with E-state index >= 15 is 0 Å². The van der Waals surface area contributed by atoms with E-state index in [9.17, 15) is 0 Å². The summed E-state index contributed by atoms with van der Waals surface area (Å²) >= 11 is 0. The topological polar surface area (TPSA) is 9.86 Å². The van der Waals surface area contributed by atoms with Crippen LogP contribution in [0.15, 0.2) is 231 Å². The number of aromatic nitrogens is 2. The molecule has 10 aromatic carbocycles. The lowest BCUT2D eigenvalue weighted by Gasteiger charge is -2.34. The molecule has 0 atom stereocenters. The average Bonchev–Trinajstić information content (AvgIpc) is 3.89. The maximum atomic E-state index is 2.50. The van der Waals surface area contributed by atoms with Crippen LogP contribution in [0.3, 0.4) is 0 Å². The molecule has 65 heavy (non-hydrogen) atoms. The molecule has 0 saturated heterocycles. The van der Waals surface area contributed by atoms with Crippen LogP contribution >= 0.6 is 0 Å². The molecule has 0 N–H and O–H groups in total. The molecule has 0 amide bonds. The average molecular weight is 829 g/mol. The predicted octanol–water partition coefficient (Wildman–Crippen LogP) is 16.9. The molecular formula is C63H44N2. The summed E-state index contributed by atoms with van der Waals surface area (Å²) in [5.74, 6) is 0. The molecule has 3 heterocycles.